The van der Waals surface area contributed by atoms with Crippen LogP contribution in [0.4, 0.5) is 5.69 Å². The van der Waals surface area contributed by atoms with Crippen LogP contribution in [0.15, 0.2) is 18.5 Å². The molecule has 0 fully saturated rings. The Morgan fingerprint density at radius 1 is 1.42 bits per heavy atom. The highest BCUT2D eigenvalue weighted by atomic mass is 16.5. The molecule has 19 heavy (non-hydrogen) atoms. The Balaban J connectivity index is 2.45. The number of nitrogen functional groups attached to an aromatic ring is 1. The number of aromatic nitrogens is 4. The number of hydrogen-bond acceptors (Lipinski definition) is 7. The molecule has 0 aliphatic heterocycles. The molecule has 0 radical (unpaired) electrons. The SMILES string of the molecule is COC(=O)c1nccc(-n2cc(N)c(C(N)=O)n2)n1. The lowest BCUT2D eigenvalue weighted by Gasteiger charge is -2.01. The summed E-state index contributed by atoms with van der Waals surface area (Å²) in [5, 5.41) is 3.88. The van der Waals surface area contributed by atoms with E-state index < -0.39 is 11.9 Å². The third kappa shape index (κ3) is 2.34. The van der Waals surface area contributed by atoms with E-state index in [9.17, 15) is 9.59 Å². The van der Waals surface area contributed by atoms with E-state index in [0.717, 1.165) is 0 Å². The molecule has 0 aliphatic carbocycles. The zero-order chi connectivity index (χ0) is 14.0. The van der Waals surface area contributed by atoms with Gasteiger partial charge in [0, 0.05) is 12.3 Å². The maximum Gasteiger partial charge on any atom is 0.376 e. The number of ether oxygens (including phenoxy) is 1. The summed E-state index contributed by atoms with van der Waals surface area (Å²) in [6.07, 6.45) is 2.72. The zero-order valence-electron chi connectivity index (χ0n) is 9.90. The predicted octanol–water partition coefficient (Wildman–Crippen LogP) is -0.870. The van der Waals surface area contributed by atoms with Crippen LogP contribution < -0.4 is 11.5 Å². The minimum Gasteiger partial charge on any atom is -0.463 e. The number of hydrogen-bond donors (Lipinski definition) is 2. The number of esters is 1. The summed E-state index contributed by atoms with van der Waals surface area (Å²) < 4.78 is 5.73. The summed E-state index contributed by atoms with van der Waals surface area (Å²) in [4.78, 5) is 30.0. The molecule has 2 aromatic rings. The second-order valence-corrected chi connectivity index (χ2v) is 3.47. The van der Waals surface area contributed by atoms with Crippen LogP contribution in [0.2, 0.25) is 0 Å². The number of nitrogens with two attached hydrogens (primary N) is 2. The number of rotatable bonds is 3. The molecule has 2 heterocycles. The van der Waals surface area contributed by atoms with Crippen molar-refractivity contribution in [2.45, 2.75) is 0 Å². The Morgan fingerprint density at radius 3 is 2.74 bits per heavy atom. The van der Waals surface area contributed by atoms with Gasteiger partial charge in [-0.3, -0.25) is 4.79 Å². The summed E-state index contributed by atoms with van der Waals surface area (Å²) in [7, 11) is 1.22. The zero-order valence-corrected chi connectivity index (χ0v) is 9.90. The molecule has 2 rings (SSSR count). The van der Waals surface area contributed by atoms with Crippen molar-refractivity contribution in [1.82, 2.24) is 19.7 Å². The first-order valence-electron chi connectivity index (χ1n) is 5.09. The molecule has 4 N–H and O–H groups in total. The van der Waals surface area contributed by atoms with Gasteiger partial charge in [-0.15, -0.1) is 0 Å². The molecule has 0 saturated carbocycles. The quantitative estimate of drug-likeness (QED) is 0.685. The van der Waals surface area contributed by atoms with Gasteiger partial charge < -0.3 is 16.2 Å². The first-order valence-corrected chi connectivity index (χ1v) is 5.09. The fourth-order valence-corrected chi connectivity index (χ4v) is 1.36. The molecule has 0 aliphatic rings. The van der Waals surface area contributed by atoms with E-state index in [1.165, 1.54) is 30.3 Å². The van der Waals surface area contributed by atoms with Crippen molar-refractivity contribution in [2.24, 2.45) is 5.73 Å². The molecule has 0 saturated heterocycles. The van der Waals surface area contributed by atoms with Gasteiger partial charge in [0.25, 0.3) is 5.91 Å². The third-order valence-electron chi connectivity index (χ3n) is 2.22. The molecule has 0 atom stereocenters. The Labute approximate surface area is 107 Å². The van der Waals surface area contributed by atoms with Crippen LogP contribution >= 0.6 is 0 Å². The number of anilines is 1. The van der Waals surface area contributed by atoms with Crippen molar-refractivity contribution < 1.29 is 14.3 Å². The fourth-order valence-electron chi connectivity index (χ4n) is 1.36. The Hall–Kier alpha value is -2.97. The molecule has 0 spiro atoms. The highest BCUT2D eigenvalue weighted by molar-refractivity contribution is 5.95. The topological polar surface area (TPSA) is 139 Å². The average Bonchev–Trinajstić information content (AvgIpc) is 2.80. The molecule has 9 heteroatoms. The molecule has 0 aromatic carbocycles. The van der Waals surface area contributed by atoms with Gasteiger partial charge in [0.15, 0.2) is 11.5 Å². The van der Waals surface area contributed by atoms with Gasteiger partial charge in [-0.1, -0.05) is 0 Å². The van der Waals surface area contributed by atoms with E-state index in [2.05, 4.69) is 19.8 Å². The number of primary amides is 1. The lowest BCUT2D eigenvalue weighted by Crippen LogP contribution is -2.14. The van der Waals surface area contributed by atoms with Gasteiger partial charge >= 0.3 is 5.97 Å². The van der Waals surface area contributed by atoms with Crippen LogP contribution in [-0.2, 0) is 4.74 Å². The highest BCUT2D eigenvalue weighted by Gasteiger charge is 2.15. The minimum atomic E-state index is -0.751. The molecule has 2 aromatic heterocycles. The number of carbonyl (C=O) groups excluding carboxylic acids is 2. The molecular weight excluding hydrogens is 252 g/mol. The molecule has 1 amide bonds. The third-order valence-corrected chi connectivity index (χ3v) is 2.22. The summed E-state index contributed by atoms with van der Waals surface area (Å²) in [6.45, 7) is 0. The van der Waals surface area contributed by atoms with Crippen LogP contribution in [0, 0.1) is 0 Å². The second kappa shape index (κ2) is 4.72. The largest absolute Gasteiger partial charge is 0.463 e. The minimum absolute atomic E-state index is 0.0711. The van der Waals surface area contributed by atoms with Crippen LogP contribution in [0.25, 0.3) is 5.82 Å². The number of carbonyl (C=O) groups is 2. The summed E-state index contributed by atoms with van der Waals surface area (Å²) in [5.74, 6) is -1.31. The van der Waals surface area contributed by atoms with E-state index >= 15 is 0 Å². The van der Waals surface area contributed by atoms with Gasteiger partial charge in [-0.25, -0.2) is 19.4 Å². The number of nitrogens with zero attached hydrogens (tertiary/aromatic N) is 4. The van der Waals surface area contributed by atoms with Crippen LogP contribution in [0.3, 0.4) is 0 Å². The maximum absolute atomic E-state index is 11.3. The van der Waals surface area contributed by atoms with Crippen LogP contribution in [0.5, 0.6) is 0 Å². The Morgan fingerprint density at radius 2 is 2.16 bits per heavy atom. The van der Waals surface area contributed by atoms with Gasteiger partial charge in [0.05, 0.1) is 19.0 Å². The first kappa shape index (κ1) is 12.5. The van der Waals surface area contributed by atoms with Gasteiger partial charge in [0.2, 0.25) is 5.82 Å². The van der Waals surface area contributed by atoms with Gasteiger partial charge in [-0.05, 0) is 0 Å². The standard InChI is InChI=1S/C10H10N6O3/c1-19-10(18)9-13-3-2-6(14-9)16-4-5(11)7(15-16)8(12)17/h2-4H,11H2,1H3,(H2,12,17). The van der Waals surface area contributed by atoms with Crippen molar-refractivity contribution >= 4 is 17.6 Å². The summed E-state index contributed by atoms with van der Waals surface area (Å²) in [5.41, 5.74) is 10.7. The van der Waals surface area contributed by atoms with Crippen molar-refractivity contribution in [1.29, 1.82) is 0 Å². The van der Waals surface area contributed by atoms with E-state index in [0.29, 0.717) is 0 Å². The monoisotopic (exact) mass is 262 g/mol. The second-order valence-electron chi connectivity index (χ2n) is 3.47. The van der Waals surface area contributed by atoms with Crippen LogP contribution in [-0.4, -0.2) is 38.7 Å². The fraction of sp³-hybridized carbons (Fsp3) is 0.100. The van der Waals surface area contributed by atoms with Crippen molar-refractivity contribution in [2.75, 3.05) is 12.8 Å². The summed E-state index contributed by atoms with van der Waals surface area (Å²) >= 11 is 0. The van der Waals surface area contributed by atoms with Gasteiger partial charge in [-0.2, -0.15) is 5.10 Å². The lowest BCUT2D eigenvalue weighted by atomic mass is 10.4. The average molecular weight is 262 g/mol. The van der Waals surface area contributed by atoms with Crippen molar-refractivity contribution in [3.05, 3.63) is 30.0 Å². The molecule has 9 nitrogen and oxygen atoms in total. The summed E-state index contributed by atoms with van der Waals surface area (Å²) in [6, 6.07) is 1.49. The molecule has 0 unspecified atom stereocenters. The maximum atomic E-state index is 11.3. The Kier molecular flexibility index (Phi) is 3.10. The molecular formula is C10H10N6O3. The number of methoxy groups -OCH3 is 1. The Bertz CT molecular complexity index is 650. The highest BCUT2D eigenvalue weighted by Crippen LogP contribution is 2.12. The normalized spacial score (nSPS) is 10.2. The molecule has 0 bridgehead atoms. The van der Waals surface area contributed by atoms with Crippen molar-refractivity contribution in [3.8, 4) is 5.82 Å². The molecule has 98 valence electrons. The van der Waals surface area contributed by atoms with E-state index in [4.69, 9.17) is 11.5 Å². The van der Waals surface area contributed by atoms with E-state index in [1.807, 2.05) is 0 Å². The predicted molar refractivity (Wildman–Crippen MR) is 63.4 cm³/mol. The smallest absolute Gasteiger partial charge is 0.376 e. The van der Waals surface area contributed by atoms with E-state index in [1.54, 1.807) is 0 Å². The first-order chi connectivity index (χ1) is 9.02. The van der Waals surface area contributed by atoms with Gasteiger partial charge in [0.1, 0.15) is 0 Å². The van der Waals surface area contributed by atoms with E-state index in [-0.39, 0.29) is 23.0 Å². The number of amides is 1. The van der Waals surface area contributed by atoms with Crippen molar-refractivity contribution in [3.63, 3.8) is 0 Å². The van der Waals surface area contributed by atoms with Crippen LogP contribution in [0.1, 0.15) is 21.1 Å². The lowest BCUT2D eigenvalue weighted by molar-refractivity contribution is 0.0586.